The Morgan fingerprint density at radius 2 is 2.00 bits per heavy atom. The van der Waals surface area contributed by atoms with Gasteiger partial charge in [0.25, 0.3) is 5.89 Å². The SMILES string of the molecule is COCc1noc(-c2ccc(-c3cscn3)cc2)n1. The molecule has 0 bridgehead atoms. The van der Waals surface area contributed by atoms with Gasteiger partial charge in [0, 0.05) is 23.6 Å². The summed E-state index contributed by atoms with van der Waals surface area (Å²) < 4.78 is 10.1. The predicted molar refractivity (Wildman–Crippen MR) is 71.6 cm³/mol. The van der Waals surface area contributed by atoms with Gasteiger partial charge in [0.1, 0.15) is 6.61 Å². The first-order valence-corrected chi connectivity index (χ1v) is 6.61. The fourth-order valence-electron chi connectivity index (χ4n) is 1.70. The van der Waals surface area contributed by atoms with Crippen molar-refractivity contribution in [3.05, 3.63) is 41.0 Å². The molecule has 0 aliphatic heterocycles. The van der Waals surface area contributed by atoms with E-state index in [-0.39, 0.29) is 0 Å². The first kappa shape index (κ1) is 12.0. The number of benzene rings is 1. The van der Waals surface area contributed by atoms with Crippen LogP contribution in [0.3, 0.4) is 0 Å². The lowest BCUT2D eigenvalue weighted by atomic mass is 10.1. The molecule has 1 aromatic carbocycles. The van der Waals surface area contributed by atoms with Crippen molar-refractivity contribution in [2.24, 2.45) is 0 Å². The average molecular weight is 273 g/mol. The number of hydrogen-bond donors (Lipinski definition) is 0. The predicted octanol–water partition coefficient (Wildman–Crippen LogP) is 3.01. The maximum absolute atomic E-state index is 5.18. The Balaban J connectivity index is 1.85. The van der Waals surface area contributed by atoms with E-state index in [4.69, 9.17) is 9.26 Å². The molecule has 0 saturated heterocycles. The first-order valence-electron chi connectivity index (χ1n) is 5.67. The second kappa shape index (κ2) is 5.29. The zero-order valence-corrected chi connectivity index (χ0v) is 11.1. The molecule has 0 aliphatic rings. The standard InChI is InChI=1S/C13H11N3O2S/c1-17-6-12-15-13(18-16-12)10-4-2-9(3-5-10)11-7-19-8-14-11/h2-5,7-8H,6H2,1H3. The molecular formula is C13H11N3O2S. The number of nitrogens with zero attached hydrogens (tertiary/aromatic N) is 3. The van der Waals surface area contributed by atoms with E-state index in [1.54, 1.807) is 18.4 Å². The van der Waals surface area contributed by atoms with Crippen molar-refractivity contribution in [3.63, 3.8) is 0 Å². The number of rotatable bonds is 4. The Hall–Kier alpha value is -2.05. The number of aromatic nitrogens is 3. The summed E-state index contributed by atoms with van der Waals surface area (Å²) in [5.74, 6) is 1.04. The van der Waals surface area contributed by atoms with Gasteiger partial charge in [-0.2, -0.15) is 4.98 Å². The molecule has 19 heavy (non-hydrogen) atoms. The minimum absolute atomic E-state index is 0.348. The van der Waals surface area contributed by atoms with Crippen molar-refractivity contribution in [2.75, 3.05) is 7.11 Å². The van der Waals surface area contributed by atoms with Gasteiger partial charge in [-0.1, -0.05) is 17.3 Å². The minimum Gasteiger partial charge on any atom is -0.377 e. The van der Waals surface area contributed by atoms with Crippen molar-refractivity contribution < 1.29 is 9.26 Å². The Morgan fingerprint density at radius 3 is 2.68 bits per heavy atom. The number of hydrogen-bond acceptors (Lipinski definition) is 6. The molecule has 2 aromatic heterocycles. The monoisotopic (exact) mass is 273 g/mol. The van der Waals surface area contributed by atoms with Gasteiger partial charge >= 0.3 is 0 Å². The topological polar surface area (TPSA) is 61.0 Å². The van der Waals surface area contributed by atoms with Gasteiger partial charge in [0.2, 0.25) is 0 Å². The van der Waals surface area contributed by atoms with E-state index in [0.717, 1.165) is 16.8 Å². The summed E-state index contributed by atoms with van der Waals surface area (Å²) in [6.45, 7) is 0.348. The molecule has 6 heteroatoms. The fraction of sp³-hybridized carbons (Fsp3) is 0.154. The van der Waals surface area contributed by atoms with Gasteiger partial charge in [-0.3, -0.25) is 0 Å². The Morgan fingerprint density at radius 1 is 1.21 bits per heavy atom. The number of methoxy groups -OCH3 is 1. The average Bonchev–Trinajstić information content (AvgIpc) is 3.10. The summed E-state index contributed by atoms with van der Waals surface area (Å²) >= 11 is 1.58. The summed E-state index contributed by atoms with van der Waals surface area (Å²) in [5, 5.41) is 5.85. The molecule has 2 heterocycles. The lowest BCUT2D eigenvalue weighted by Crippen LogP contribution is -1.89. The van der Waals surface area contributed by atoms with Gasteiger partial charge < -0.3 is 9.26 Å². The fourth-order valence-corrected chi connectivity index (χ4v) is 2.26. The second-order valence-electron chi connectivity index (χ2n) is 3.90. The molecule has 0 atom stereocenters. The van der Waals surface area contributed by atoms with Crippen molar-refractivity contribution in [3.8, 4) is 22.7 Å². The minimum atomic E-state index is 0.348. The van der Waals surface area contributed by atoms with Crippen LogP contribution in [0.15, 0.2) is 39.7 Å². The van der Waals surface area contributed by atoms with Crippen LogP contribution in [0.25, 0.3) is 22.7 Å². The Kier molecular flexibility index (Phi) is 3.35. The number of ether oxygens (including phenoxy) is 1. The van der Waals surface area contributed by atoms with Crippen molar-refractivity contribution >= 4 is 11.3 Å². The molecule has 3 rings (SSSR count). The van der Waals surface area contributed by atoms with Gasteiger partial charge in [0.05, 0.1) is 11.2 Å². The molecule has 0 fully saturated rings. The number of thiazole rings is 1. The van der Waals surface area contributed by atoms with Crippen LogP contribution in [-0.2, 0) is 11.3 Å². The molecule has 0 amide bonds. The maximum Gasteiger partial charge on any atom is 0.258 e. The van der Waals surface area contributed by atoms with E-state index in [0.29, 0.717) is 18.3 Å². The van der Waals surface area contributed by atoms with Gasteiger partial charge in [-0.15, -0.1) is 11.3 Å². The zero-order valence-electron chi connectivity index (χ0n) is 10.2. The van der Waals surface area contributed by atoms with Crippen LogP contribution in [0.4, 0.5) is 0 Å². The van der Waals surface area contributed by atoms with Crippen LogP contribution >= 0.6 is 11.3 Å². The third kappa shape index (κ3) is 2.54. The molecule has 0 N–H and O–H groups in total. The van der Waals surface area contributed by atoms with Gasteiger partial charge in [-0.25, -0.2) is 4.98 Å². The third-order valence-electron chi connectivity index (χ3n) is 2.60. The van der Waals surface area contributed by atoms with Crippen LogP contribution in [0.2, 0.25) is 0 Å². The molecule has 0 saturated carbocycles. The van der Waals surface area contributed by atoms with Crippen LogP contribution in [0.1, 0.15) is 5.82 Å². The summed E-state index contributed by atoms with van der Waals surface area (Å²) in [6, 6.07) is 7.87. The van der Waals surface area contributed by atoms with Crippen molar-refractivity contribution in [2.45, 2.75) is 6.61 Å². The van der Waals surface area contributed by atoms with Crippen LogP contribution in [0.5, 0.6) is 0 Å². The van der Waals surface area contributed by atoms with E-state index >= 15 is 0 Å². The Bertz CT molecular complexity index is 647. The highest BCUT2D eigenvalue weighted by molar-refractivity contribution is 7.07. The summed E-state index contributed by atoms with van der Waals surface area (Å²) in [5.41, 5.74) is 4.75. The van der Waals surface area contributed by atoms with Crippen LogP contribution in [0, 0.1) is 0 Å². The summed E-state index contributed by atoms with van der Waals surface area (Å²) in [7, 11) is 1.60. The van der Waals surface area contributed by atoms with E-state index in [9.17, 15) is 0 Å². The van der Waals surface area contributed by atoms with E-state index in [1.807, 2.05) is 35.2 Å². The van der Waals surface area contributed by atoms with Crippen LogP contribution in [-0.4, -0.2) is 22.2 Å². The third-order valence-corrected chi connectivity index (χ3v) is 3.19. The molecule has 0 radical (unpaired) electrons. The van der Waals surface area contributed by atoms with E-state index in [2.05, 4.69) is 15.1 Å². The molecule has 96 valence electrons. The summed E-state index contributed by atoms with van der Waals surface area (Å²) in [6.07, 6.45) is 0. The normalized spacial score (nSPS) is 10.8. The molecule has 0 unspecified atom stereocenters. The first-order chi connectivity index (χ1) is 9.36. The molecule has 0 aliphatic carbocycles. The van der Waals surface area contributed by atoms with E-state index in [1.165, 1.54) is 0 Å². The van der Waals surface area contributed by atoms with Gasteiger partial charge in [0.15, 0.2) is 5.82 Å². The van der Waals surface area contributed by atoms with E-state index < -0.39 is 0 Å². The maximum atomic E-state index is 5.18. The molecular weight excluding hydrogens is 262 g/mol. The van der Waals surface area contributed by atoms with Gasteiger partial charge in [-0.05, 0) is 12.1 Å². The second-order valence-corrected chi connectivity index (χ2v) is 4.62. The van der Waals surface area contributed by atoms with Crippen molar-refractivity contribution in [1.82, 2.24) is 15.1 Å². The highest BCUT2D eigenvalue weighted by Crippen LogP contribution is 2.23. The highest BCUT2D eigenvalue weighted by atomic mass is 32.1. The lowest BCUT2D eigenvalue weighted by molar-refractivity contribution is 0.174. The van der Waals surface area contributed by atoms with Crippen molar-refractivity contribution in [1.29, 1.82) is 0 Å². The summed E-state index contributed by atoms with van der Waals surface area (Å²) in [4.78, 5) is 8.51. The smallest absolute Gasteiger partial charge is 0.258 e. The Labute approximate surface area is 113 Å². The molecule has 5 nitrogen and oxygen atoms in total. The zero-order chi connectivity index (χ0) is 13.1. The molecule has 3 aromatic rings. The largest absolute Gasteiger partial charge is 0.377 e. The highest BCUT2D eigenvalue weighted by Gasteiger charge is 2.09. The van der Waals surface area contributed by atoms with Crippen LogP contribution < -0.4 is 0 Å². The lowest BCUT2D eigenvalue weighted by Gasteiger charge is -1.97. The quantitative estimate of drug-likeness (QED) is 0.731. The molecule has 0 spiro atoms.